The van der Waals surface area contributed by atoms with E-state index in [1.807, 2.05) is 6.92 Å². The number of para-hydroxylation sites is 1. The fourth-order valence-electron chi connectivity index (χ4n) is 3.59. The molecular formula is C24H26F2N2O2. The Hall–Kier alpha value is -3.02. The number of unbranched alkanes of at least 4 members (excludes halogenated alkanes) is 1. The van der Waals surface area contributed by atoms with E-state index in [1.54, 1.807) is 18.2 Å². The van der Waals surface area contributed by atoms with Crippen molar-refractivity contribution in [2.75, 3.05) is 0 Å². The SMILES string of the molecule is CCCCc1nc(-c2cccc(F)c2O)n(CCc2ccccc2F)c(=O)c1CC. The first-order valence-electron chi connectivity index (χ1n) is 10.3. The van der Waals surface area contributed by atoms with Gasteiger partial charge < -0.3 is 5.11 Å². The van der Waals surface area contributed by atoms with Crippen LogP contribution in [0.25, 0.3) is 11.4 Å². The smallest absolute Gasteiger partial charge is 0.257 e. The summed E-state index contributed by atoms with van der Waals surface area (Å²) < 4.78 is 29.6. The summed E-state index contributed by atoms with van der Waals surface area (Å²) in [5.41, 5.74) is 1.68. The van der Waals surface area contributed by atoms with E-state index >= 15 is 0 Å². The van der Waals surface area contributed by atoms with Gasteiger partial charge in [0.1, 0.15) is 11.6 Å². The predicted molar refractivity (Wildman–Crippen MR) is 114 cm³/mol. The standard InChI is InChI=1S/C24H26F2N2O2/c1-3-5-13-21-17(4-2)24(30)28(15-14-16-9-6-7-11-19(16)25)23(27-21)18-10-8-12-20(26)22(18)29/h6-12,29H,3-5,13-15H2,1-2H3. The van der Waals surface area contributed by atoms with Crippen LogP contribution in [0.15, 0.2) is 47.3 Å². The predicted octanol–water partition coefficient (Wildman–Crippen LogP) is 5.04. The average molecular weight is 412 g/mol. The number of halogens is 2. The number of aromatic hydroxyl groups is 1. The summed E-state index contributed by atoms with van der Waals surface area (Å²) in [5, 5.41) is 10.3. The molecule has 0 spiro atoms. The first kappa shape index (κ1) is 21.7. The van der Waals surface area contributed by atoms with Gasteiger partial charge in [-0.15, -0.1) is 0 Å². The lowest BCUT2D eigenvalue weighted by molar-refractivity contribution is 0.433. The number of aryl methyl sites for hydroxylation is 2. The molecular weight excluding hydrogens is 386 g/mol. The Labute approximate surface area is 174 Å². The monoisotopic (exact) mass is 412 g/mol. The van der Waals surface area contributed by atoms with Crippen LogP contribution < -0.4 is 5.56 Å². The highest BCUT2D eigenvalue weighted by atomic mass is 19.1. The van der Waals surface area contributed by atoms with Crippen molar-refractivity contribution in [1.29, 1.82) is 0 Å². The number of phenols is 1. The van der Waals surface area contributed by atoms with Crippen molar-refractivity contribution in [3.05, 3.63) is 81.3 Å². The van der Waals surface area contributed by atoms with Gasteiger partial charge in [0, 0.05) is 12.1 Å². The van der Waals surface area contributed by atoms with Crippen LogP contribution in [0.4, 0.5) is 8.78 Å². The van der Waals surface area contributed by atoms with Gasteiger partial charge in [0.15, 0.2) is 11.6 Å². The third-order valence-corrected chi connectivity index (χ3v) is 5.26. The average Bonchev–Trinajstić information content (AvgIpc) is 2.74. The van der Waals surface area contributed by atoms with Crippen molar-refractivity contribution in [3.63, 3.8) is 0 Å². The van der Waals surface area contributed by atoms with Crippen LogP contribution in [0, 0.1) is 11.6 Å². The van der Waals surface area contributed by atoms with Crippen molar-refractivity contribution >= 4 is 0 Å². The van der Waals surface area contributed by atoms with E-state index in [0.717, 1.165) is 18.9 Å². The Morgan fingerprint density at radius 3 is 2.43 bits per heavy atom. The topological polar surface area (TPSA) is 55.1 Å². The van der Waals surface area contributed by atoms with Crippen LogP contribution >= 0.6 is 0 Å². The van der Waals surface area contributed by atoms with E-state index in [4.69, 9.17) is 4.98 Å². The molecule has 0 bridgehead atoms. The second-order valence-corrected chi connectivity index (χ2v) is 7.25. The number of phenolic OH excluding ortho intramolecular Hbond substituents is 1. The summed E-state index contributed by atoms with van der Waals surface area (Å²) in [7, 11) is 0. The number of hydrogen-bond acceptors (Lipinski definition) is 3. The van der Waals surface area contributed by atoms with Gasteiger partial charge in [-0.25, -0.2) is 13.8 Å². The van der Waals surface area contributed by atoms with E-state index in [2.05, 4.69) is 6.92 Å². The summed E-state index contributed by atoms with van der Waals surface area (Å²) in [6.45, 7) is 4.12. The molecule has 1 aromatic heterocycles. The minimum atomic E-state index is -0.780. The highest BCUT2D eigenvalue weighted by Crippen LogP contribution is 2.30. The molecule has 0 saturated heterocycles. The lowest BCUT2D eigenvalue weighted by atomic mass is 10.1. The molecule has 6 heteroatoms. The molecule has 158 valence electrons. The van der Waals surface area contributed by atoms with Gasteiger partial charge in [-0.3, -0.25) is 9.36 Å². The Bertz CT molecular complexity index is 1090. The molecule has 30 heavy (non-hydrogen) atoms. The molecule has 0 atom stereocenters. The van der Waals surface area contributed by atoms with Crippen molar-refractivity contribution in [2.24, 2.45) is 0 Å². The maximum atomic E-state index is 14.1. The molecule has 1 N–H and O–H groups in total. The first-order chi connectivity index (χ1) is 14.5. The largest absolute Gasteiger partial charge is 0.504 e. The fourth-order valence-corrected chi connectivity index (χ4v) is 3.59. The Morgan fingerprint density at radius 1 is 1.00 bits per heavy atom. The maximum absolute atomic E-state index is 14.1. The summed E-state index contributed by atoms with van der Waals surface area (Å²) in [6.07, 6.45) is 3.23. The first-order valence-corrected chi connectivity index (χ1v) is 10.3. The number of nitrogens with zero attached hydrogens (tertiary/aromatic N) is 2. The van der Waals surface area contributed by atoms with Gasteiger partial charge in [0.25, 0.3) is 5.56 Å². The van der Waals surface area contributed by atoms with E-state index in [0.29, 0.717) is 29.7 Å². The summed E-state index contributed by atoms with van der Waals surface area (Å²) in [5.74, 6) is -1.47. The molecule has 0 fully saturated rings. The molecule has 0 unspecified atom stereocenters. The van der Waals surface area contributed by atoms with Crippen molar-refractivity contribution in [2.45, 2.75) is 52.5 Å². The lowest BCUT2D eigenvalue weighted by Gasteiger charge is -2.18. The second kappa shape index (κ2) is 9.65. The van der Waals surface area contributed by atoms with Gasteiger partial charge in [-0.1, -0.05) is 44.5 Å². The van der Waals surface area contributed by atoms with Gasteiger partial charge >= 0.3 is 0 Å². The number of benzene rings is 2. The van der Waals surface area contributed by atoms with E-state index in [1.165, 1.54) is 22.8 Å². The molecule has 0 saturated carbocycles. The van der Waals surface area contributed by atoms with Crippen molar-refractivity contribution in [1.82, 2.24) is 9.55 Å². The molecule has 0 aliphatic heterocycles. The molecule has 3 aromatic rings. The minimum Gasteiger partial charge on any atom is -0.504 e. The zero-order valence-corrected chi connectivity index (χ0v) is 17.3. The van der Waals surface area contributed by atoms with Crippen LogP contribution in [0.1, 0.15) is 43.5 Å². The van der Waals surface area contributed by atoms with Gasteiger partial charge in [-0.05, 0) is 49.4 Å². The highest BCUT2D eigenvalue weighted by Gasteiger charge is 2.20. The third kappa shape index (κ3) is 4.42. The fraction of sp³-hybridized carbons (Fsp3) is 0.333. The molecule has 0 aliphatic carbocycles. The highest BCUT2D eigenvalue weighted by molar-refractivity contribution is 5.64. The third-order valence-electron chi connectivity index (χ3n) is 5.26. The van der Waals surface area contributed by atoms with E-state index in [-0.39, 0.29) is 35.7 Å². The molecule has 1 heterocycles. The summed E-state index contributed by atoms with van der Waals surface area (Å²) in [4.78, 5) is 18.0. The number of rotatable bonds is 8. The van der Waals surface area contributed by atoms with Crippen molar-refractivity contribution in [3.8, 4) is 17.1 Å². The van der Waals surface area contributed by atoms with Crippen LogP contribution in [-0.2, 0) is 25.8 Å². The van der Waals surface area contributed by atoms with Gasteiger partial charge in [-0.2, -0.15) is 0 Å². The lowest BCUT2D eigenvalue weighted by Crippen LogP contribution is -2.29. The van der Waals surface area contributed by atoms with Crippen LogP contribution in [0.3, 0.4) is 0 Å². The van der Waals surface area contributed by atoms with E-state index < -0.39 is 11.6 Å². The van der Waals surface area contributed by atoms with Crippen molar-refractivity contribution < 1.29 is 13.9 Å². The molecule has 2 aromatic carbocycles. The van der Waals surface area contributed by atoms with Gasteiger partial charge in [0.2, 0.25) is 0 Å². The quantitative estimate of drug-likeness (QED) is 0.564. The zero-order chi connectivity index (χ0) is 21.7. The number of aromatic nitrogens is 2. The normalized spacial score (nSPS) is 11.1. The van der Waals surface area contributed by atoms with Gasteiger partial charge in [0.05, 0.1) is 11.3 Å². The van der Waals surface area contributed by atoms with Crippen LogP contribution in [0.5, 0.6) is 5.75 Å². The minimum absolute atomic E-state index is 0.154. The summed E-state index contributed by atoms with van der Waals surface area (Å²) in [6, 6.07) is 10.6. The molecule has 0 radical (unpaired) electrons. The zero-order valence-electron chi connectivity index (χ0n) is 17.3. The Morgan fingerprint density at radius 2 is 1.73 bits per heavy atom. The molecule has 3 rings (SSSR count). The molecule has 0 amide bonds. The number of hydrogen-bond donors (Lipinski definition) is 1. The van der Waals surface area contributed by atoms with E-state index in [9.17, 15) is 18.7 Å². The summed E-state index contributed by atoms with van der Waals surface area (Å²) >= 11 is 0. The second-order valence-electron chi connectivity index (χ2n) is 7.25. The Kier molecular flexibility index (Phi) is 6.98. The maximum Gasteiger partial charge on any atom is 0.257 e. The Balaban J connectivity index is 2.16. The van der Waals surface area contributed by atoms with Crippen LogP contribution in [0.2, 0.25) is 0 Å². The molecule has 4 nitrogen and oxygen atoms in total. The molecule has 0 aliphatic rings. The van der Waals surface area contributed by atoms with Crippen LogP contribution in [-0.4, -0.2) is 14.7 Å².